The van der Waals surface area contributed by atoms with Crippen LogP contribution in [-0.2, 0) is 4.43 Å². The van der Waals surface area contributed by atoms with Crippen LogP contribution in [0.25, 0.3) is 0 Å². The van der Waals surface area contributed by atoms with Crippen LogP contribution in [0.1, 0.15) is 42.8 Å². The summed E-state index contributed by atoms with van der Waals surface area (Å²) in [6.45, 7) is 6.54. The zero-order chi connectivity index (χ0) is 18.3. The van der Waals surface area contributed by atoms with Gasteiger partial charge in [0, 0.05) is 5.56 Å². The van der Waals surface area contributed by atoms with Crippen LogP contribution in [0.2, 0.25) is 18.1 Å². The summed E-state index contributed by atoms with van der Waals surface area (Å²) >= 11 is 0. The van der Waals surface area contributed by atoms with E-state index >= 15 is 0 Å². The van der Waals surface area contributed by atoms with Gasteiger partial charge in [-0.2, -0.15) is 0 Å². The zero-order valence-corrected chi connectivity index (χ0v) is 16.6. The van der Waals surface area contributed by atoms with E-state index < -0.39 is 14.4 Å². The summed E-state index contributed by atoms with van der Waals surface area (Å²) in [7, 11) is -0.301. The normalized spacial score (nSPS) is 12.6. The van der Waals surface area contributed by atoms with Crippen LogP contribution >= 0.6 is 0 Å². The maximum atomic E-state index is 13.2. The first-order chi connectivity index (χ1) is 12.1. The minimum atomic E-state index is -1.92. The lowest BCUT2D eigenvalue weighted by atomic mass is 10.00. The van der Waals surface area contributed by atoms with E-state index in [0.29, 0.717) is 5.56 Å². The Kier molecular flexibility index (Phi) is 6.97. The molecule has 2 aromatic rings. The van der Waals surface area contributed by atoms with E-state index in [-0.39, 0.29) is 5.78 Å². The molecule has 2 rings (SSSR count). The first kappa shape index (κ1) is 19.4. The Hall–Kier alpha value is -1.91. The van der Waals surface area contributed by atoms with Crippen LogP contribution in [-0.4, -0.2) is 21.2 Å². The van der Waals surface area contributed by atoms with Crippen molar-refractivity contribution in [3.63, 3.8) is 0 Å². The fourth-order valence-corrected chi connectivity index (χ4v) is 5.80. The molecule has 0 fully saturated rings. The molecule has 0 saturated heterocycles. The third-order valence-electron chi connectivity index (χ3n) is 5.02. The molecule has 0 spiro atoms. The molecule has 4 heteroatoms. The molecule has 0 aliphatic heterocycles. The number of Topliss-reactive ketones (excluding diaryl/α,β-unsaturated/α-hetero) is 1. The summed E-state index contributed by atoms with van der Waals surface area (Å²) in [4.78, 5) is 13.2. The maximum absolute atomic E-state index is 13.2. The summed E-state index contributed by atoms with van der Waals surface area (Å²) in [5.41, 5.74) is 1.58. The topological polar surface area (TPSA) is 35.5 Å². The van der Waals surface area contributed by atoms with E-state index in [9.17, 15) is 4.79 Å². The molecule has 0 unspecified atom stereocenters. The average Bonchev–Trinajstić information content (AvgIpc) is 2.70. The largest absolute Gasteiger partial charge is 0.497 e. The van der Waals surface area contributed by atoms with Crippen molar-refractivity contribution in [1.82, 2.24) is 0 Å². The molecule has 0 bridgehead atoms. The first-order valence-electron chi connectivity index (χ1n) is 9.00. The van der Waals surface area contributed by atoms with Gasteiger partial charge in [0.05, 0.1) is 7.11 Å². The number of hydrogen-bond acceptors (Lipinski definition) is 3. The van der Waals surface area contributed by atoms with Gasteiger partial charge in [-0.25, -0.2) is 0 Å². The molecular weight excluding hydrogens is 328 g/mol. The number of rotatable bonds is 9. The van der Waals surface area contributed by atoms with Crippen LogP contribution in [0.4, 0.5) is 0 Å². The molecule has 0 N–H and O–H groups in total. The van der Waals surface area contributed by atoms with Crippen LogP contribution in [0.15, 0.2) is 54.6 Å². The van der Waals surface area contributed by atoms with Gasteiger partial charge >= 0.3 is 0 Å². The number of hydrogen-bond donors (Lipinski definition) is 0. The summed E-state index contributed by atoms with van der Waals surface area (Å²) < 4.78 is 11.8. The van der Waals surface area contributed by atoms with Crippen LogP contribution < -0.4 is 4.74 Å². The van der Waals surface area contributed by atoms with E-state index in [1.165, 1.54) is 0 Å². The van der Waals surface area contributed by atoms with Crippen molar-refractivity contribution >= 4 is 14.1 Å². The third kappa shape index (κ3) is 4.59. The molecule has 134 valence electrons. The van der Waals surface area contributed by atoms with Crippen LogP contribution in [0.5, 0.6) is 5.75 Å². The van der Waals surface area contributed by atoms with Gasteiger partial charge in [-0.15, -0.1) is 0 Å². The molecule has 0 saturated carbocycles. The van der Waals surface area contributed by atoms with E-state index in [2.05, 4.69) is 20.8 Å². The summed E-state index contributed by atoms with van der Waals surface area (Å²) in [5.74, 6) is 0.759. The Morgan fingerprint density at radius 1 is 0.920 bits per heavy atom. The van der Waals surface area contributed by atoms with Crippen molar-refractivity contribution in [2.24, 2.45) is 0 Å². The second kappa shape index (κ2) is 8.97. The lowest BCUT2D eigenvalue weighted by molar-refractivity contribution is 0.0772. The van der Waals surface area contributed by atoms with Crippen molar-refractivity contribution < 1.29 is 14.0 Å². The molecule has 0 amide bonds. The number of benzene rings is 2. The highest BCUT2D eigenvalue weighted by atomic mass is 28.4. The smallest absolute Gasteiger partial charge is 0.194 e. The zero-order valence-electron chi connectivity index (χ0n) is 15.6. The Balaban J connectivity index is 2.38. The Morgan fingerprint density at radius 3 is 1.96 bits per heavy atom. The quantitative estimate of drug-likeness (QED) is 0.431. The summed E-state index contributed by atoms with van der Waals surface area (Å²) in [5, 5.41) is 0. The van der Waals surface area contributed by atoms with Crippen LogP contribution in [0.3, 0.4) is 0 Å². The van der Waals surface area contributed by atoms with Crippen molar-refractivity contribution in [2.45, 2.75) is 45.0 Å². The molecule has 2 aromatic carbocycles. The van der Waals surface area contributed by atoms with Gasteiger partial charge in [-0.05, 0) is 48.0 Å². The Morgan fingerprint density at radius 2 is 1.48 bits per heavy atom. The molecule has 0 aliphatic rings. The molecule has 0 heterocycles. The van der Waals surface area contributed by atoms with Gasteiger partial charge in [0.2, 0.25) is 0 Å². The van der Waals surface area contributed by atoms with Crippen molar-refractivity contribution in [2.75, 3.05) is 7.11 Å². The van der Waals surface area contributed by atoms with Crippen molar-refractivity contribution in [3.8, 4) is 5.75 Å². The standard InChI is InChI=1S/C21H28O3Si/c1-5-25(6-2,7-3)24-21(18-11-9-8-10-12-18)20(22)17-13-15-19(23-4)16-14-17/h8-16,21H,5-7H2,1-4H3/t21-/m0/s1. The number of methoxy groups -OCH3 is 1. The van der Waals surface area contributed by atoms with Gasteiger partial charge < -0.3 is 9.16 Å². The van der Waals surface area contributed by atoms with E-state index in [1.54, 1.807) is 7.11 Å². The fourth-order valence-electron chi connectivity index (χ4n) is 3.06. The van der Waals surface area contributed by atoms with Gasteiger partial charge in [-0.3, -0.25) is 4.79 Å². The molecule has 0 radical (unpaired) electrons. The molecule has 0 aromatic heterocycles. The van der Waals surface area contributed by atoms with Crippen LogP contribution in [0, 0.1) is 0 Å². The number of ketones is 1. The number of carbonyl (C=O) groups is 1. The summed E-state index contributed by atoms with van der Waals surface area (Å²) in [6.07, 6.45) is -0.541. The van der Waals surface area contributed by atoms with Crippen molar-refractivity contribution in [3.05, 3.63) is 65.7 Å². The van der Waals surface area contributed by atoms with Gasteiger partial charge in [0.1, 0.15) is 11.9 Å². The van der Waals surface area contributed by atoms with E-state index in [1.807, 2.05) is 54.6 Å². The minimum absolute atomic E-state index is 0.0149. The minimum Gasteiger partial charge on any atom is -0.497 e. The predicted octanol–water partition coefficient (Wildman–Crippen LogP) is 5.64. The highest BCUT2D eigenvalue weighted by Crippen LogP contribution is 2.32. The SMILES string of the molecule is CC[Si](CC)(CC)O[C@H](C(=O)c1ccc(OC)cc1)c1ccccc1. The fraction of sp³-hybridized carbons (Fsp3) is 0.381. The lowest BCUT2D eigenvalue weighted by Gasteiger charge is -2.33. The number of carbonyl (C=O) groups excluding carboxylic acids is 1. The van der Waals surface area contributed by atoms with E-state index in [4.69, 9.17) is 9.16 Å². The molecule has 0 aliphatic carbocycles. The van der Waals surface area contributed by atoms with Crippen molar-refractivity contribution in [1.29, 1.82) is 0 Å². The number of ether oxygens (including phenoxy) is 1. The molecule has 3 nitrogen and oxygen atoms in total. The second-order valence-electron chi connectivity index (χ2n) is 6.24. The Labute approximate surface area is 152 Å². The molecule has 25 heavy (non-hydrogen) atoms. The average molecular weight is 357 g/mol. The molecular formula is C21H28O3Si. The second-order valence-corrected chi connectivity index (χ2v) is 11.0. The van der Waals surface area contributed by atoms with Gasteiger partial charge in [0.15, 0.2) is 14.1 Å². The highest BCUT2D eigenvalue weighted by Gasteiger charge is 2.35. The van der Waals surface area contributed by atoms with Gasteiger partial charge in [-0.1, -0.05) is 51.1 Å². The third-order valence-corrected chi connectivity index (χ3v) is 9.62. The maximum Gasteiger partial charge on any atom is 0.194 e. The Bertz CT molecular complexity index is 655. The first-order valence-corrected chi connectivity index (χ1v) is 11.5. The summed E-state index contributed by atoms with van der Waals surface area (Å²) in [6, 6.07) is 20.1. The highest BCUT2D eigenvalue weighted by molar-refractivity contribution is 6.73. The molecule has 1 atom stereocenters. The lowest BCUT2D eigenvalue weighted by Crippen LogP contribution is -2.39. The van der Waals surface area contributed by atoms with E-state index in [0.717, 1.165) is 29.4 Å². The predicted molar refractivity (Wildman–Crippen MR) is 105 cm³/mol. The monoisotopic (exact) mass is 356 g/mol. The van der Waals surface area contributed by atoms with Gasteiger partial charge in [0.25, 0.3) is 0 Å².